The van der Waals surface area contributed by atoms with Gasteiger partial charge in [0.05, 0.1) is 11.4 Å². The third kappa shape index (κ3) is 4.08. The summed E-state index contributed by atoms with van der Waals surface area (Å²) in [5.41, 5.74) is 8.55. The number of hydrogen-bond acceptors (Lipinski definition) is 4. The molecule has 1 aromatic heterocycles. The molecule has 0 aliphatic carbocycles. The molecule has 2 nitrogen and oxygen atoms in total. The molecule has 0 aliphatic heterocycles. The molecular weight excluding hydrogens is 284 g/mol. The van der Waals surface area contributed by atoms with Crippen molar-refractivity contribution < 1.29 is 0 Å². The third-order valence-corrected chi connectivity index (χ3v) is 5.56. The van der Waals surface area contributed by atoms with Crippen molar-refractivity contribution in [3.63, 3.8) is 0 Å². The first kappa shape index (κ1) is 15.5. The van der Waals surface area contributed by atoms with Crippen LogP contribution in [0.4, 0.5) is 0 Å². The maximum absolute atomic E-state index is 6.05. The minimum Gasteiger partial charge on any atom is -0.323 e. The summed E-state index contributed by atoms with van der Waals surface area (Å²) >= 11 is 3.61. The molecule has 20 heavy (non-hydrogen) atoms. The number of aromatic nitrogens is 1. The number of hydrogen-bond donors (Lipinski definition) is 1. The molecule has 0 aliphatic rings. The van der Waals surface area contributed by atoms with Gasteiger partial charge in [0, 0.05) is 15.8 Å². The molecule has 1 atom stereocenters. The van der Waals surface area contributed by atoms with Crippen molar-refractivity contribution >= 4 is 23.1 Å². The van der Waals surface area contributed by atoms with Crippen LogP contribution in [0.25, 0.3) is 0 Å². The Bertz CT molecular complexity index is 544. The van der Waals surface area contributed by atoms with Crippen LogP contribution in [0.1, 0.15) is 47.5 Å². The zero-order valence-corrected chi connectivity index (χ0v) is 14.0. The van der Waals surface area contributed by atoms with E-state index in [1.165, 1.54) is 26.0 Å². The Morgan fingerprint density at radius 1 is 1.30 bits per heavy atom. The van der Waals surface area contributed by atoms with Gasteiger partial charge in [0.25, 0.3) is 0 Å². The maximum Gasteiger partial charge on any atom is 0.103 e. The molecule has 0 radical (unpaired) electrons. The van der Waals surface area contributed by atoms with Crippen molar-refractivity contribution in [1.82, 2.24) is 4.98 Å². The molecular formula is C16H22N2S2. The van der Waals surface area contributed by atoms with Gasteiger partial charge in [-0.1, -0.05) is 31.0 Å². The molecule has 108 valence electrons. The Hall–Kier alpha value is -0.840. The van der Waals surface area contributed by atoms with E-state index in [4.69, 9.17) is 10.7 Å². The van der Waals surface area contributed by atoms with Gasteiger partial charge < -0.3 is 5.73 Å². The van der Waals surface area contributed by atoms with Crippen molar-refractivity contribution in [2.75, 3.05) is 0 Å². The molecule has 1 unspecified atom stereocenters. The number of aryl methyl sites for hydroxylation is 2. The molecule has 1 aromatic carbocycles. The number of thiazole rings is 1. The van der Waals surface area contributed by atoms with E-state index in [-0.39, 0.29) is 6.04 Å². The zero-order chi connectivity index (χ0) is 14.5. The largest absolute Gasteiger partial charge is 0.323 e. The SMILES string of the molecule is CCCc1nc(CSc2ccc(C)cc2)sc1C(C)N. The van der Waals surface area contributed by atoms with E-state index in [1.807, 2.05) is 18.7 Å². The highest BCUT2D eigenvalue weighted by Gasteiger charge is 2.13. The minimum absolute atomic E-state index is 0.0900. The first-order valence-corrected chi connectivity index (χ1v) is 8.84. The summed E-state index contributed by atoms with van der Waals surface area (Å²) in [4.78, 5) is 7.32. The monoisotopic (exact) mass is 306 g/mol. The van der Waals surface area contributed by atoms with Crippen LogP contribution in [0.2, 0.25) is 0 Å². The summed E-state index contributed by atoms with van der Waals surface area (Å²) in [7, 11) is 0. The molecule has 0 saturated carbocycles. The van der Waals surface area contributed by atoms with Crippen molar-refractivity contribution in [2.24, 2.45) is 5.73 Å². The van der Waals surface area contributed by atoms with Gasteiger partial charge in [-0.3, -0.25) is 0 Å². The van der Waals surface area contributed by atoms with E-state index < -0.39 is 0 Å². The van der Waals surface area contributed by atoms with E-state index in [0.29, 0.717) is 0 Å². The highest BCUT2D eigenvalue weighted by molar-refractivity contribution is 7.98. The number of nitrogens with two attached hydrogens (primary N) is 1. The van der Waals surface area contributed by atoms with Crippen LogP contribution >= 0.6 is 23.1 Å². The van der Waals surface area contributed by atoms with Crippen LogP contribution in [0, 0.1) is 6.92 Å². The van der Waals surface area contributed by atoms with E-state index in [9.17, 15) is 0 Å². The van der Waals surface area contributed by atoms with E-state index in [2.05, 4.69) is 38.1 Å². The second-order valence-corrected chi connectivity index (χ2v) is 7.22. The first-order chi connectivity index (χ1) is 9.60. The summed E-state index contributed by atoms with van der Waals surface area (Å²) in [5, 5.41) is 1.19. The molecule has 0 fully saturated rings. The Kier molecular flexibility index (Phi) is 5.64. The van der Waals surface area contributed by atoms with Gasteiger partial charge in [-0.2, -0.15) is 0 Å². The normalized spacial score (nSPS) is 12.6. The van der Waals surface area contributed by atoms with E-state index >= 15 is 0 Å². The number of rotatable bonds is 6. The van der Waals surface area contributed by atoms with Crippen LogP contribution in [0.3, 0.4) is 0 Å². The van der Waals surface area contributed by atoms with Gasteiger partial charge in [0.1, 0.15) is 5.01 Å². The lowest BCUT2D eigenvalue weighted by Gasteiger charge is -2.03. The average molecular weight is 307 g/mol. The fourth-order valence-electron chi connectivity index (χ4n) is 2.03. The zero-order valence-electron chi connectivity index (χ0n) is 12.3. The van der Waals surface area contributed by atoms with Crippen molar-refractivity contribution in [3.05, 3.63) is 45.4 Å². The van der Waals surface area contributed by atoms with Gasteiger partial charge in [0.2, 0.25) is 0 Å². The molecule has 0 saturated heterocycles. The fourth-order valence-corrected chi connectivity index (χ4v) is 3.98. The van der Waals surface area contributed by atoms with Gasteiger partial charge in [-0.25, -0.2) is 4.98 Å². The van der Waals surface area contributed by atoms with Crippen LogP contribution in [-0.2, 0) is 12.2 Å². The molecule has 2 aromatic rings. The molecule has 0 spiro atoms. The Labute approximate surface area is 129 Å². The number of benzene rings is 1. The van der Waals surface area contributed by atoms with Crippen LogP contribution in [-0.4, -0.2) is 4.98 Å². The smallest absolute Gasteiger partial charge is 0.103 e. The van der Waals surface area contributed by atoms with E-state index in [1.54, 1.807) is 11.3 Å². The summed E-state index contributed by atoms with van der Waals surface area (Å²) < 4.78 is 0. The van der Waals surface area contributed by atoms with Crippen molar-refractivity contribution in [1.29, 1.82) is 0 Å². The minimum atomic E-state index is 0.0900. The lowest BCUT2D eigenvalue weighted by molar-refractivity contribution is 0.791. The molecule has 4 heteroatoms. The average Bonchev–Trinajstić information content (AvgIpc) is 2.82. The van der Waals surface area contributed by atoms with Crippen LogP contribution in [0.5, 0.6) is 0 Å². The molecule has 0 amide bonds. The molecule has 2 rings (SSSR count). The Morgan fingerprint density at radius 3 is 2.60 bits per heavy atom. The third-order valence-electron chi connectivity index (χ3n) is 3.06. The summed E-state index contributed by atoms with van der Waals surface area (Å²) in [6.07, 6.45) is 2.15. The van der Waals surface area contributed by atoms with Gasteiger partial charge >= 0.3 is 0 Å². The van der Waals surface area contributed by atoms with Gasteiger partial charge in [0.15, 0.2) is 0 Å². The molecule has 0 bridgehead atoms. The second-order valence-electron chi connectivity index (χ2n) is 5.06. The lowest BCUT2D eigenvalue weighted by Crippen LogP contribution is -2.05. The highest BCUT2D eigenvalue weighted by atomic mass is 32.2. The maximum atomic E-state index is 6.05. The van der Waals surface area contributed by atoms with Gasteiger partial charge in [-0.15, -0.1) is 23.1 Å². The standard InChI is InChI=1S/C16H22N2S2/c1-4-5-14-16(12(3)17)20-15(18-14)10-19-13-8-6-11(2)7-9-13/h6-9,12H,4-5,10,17H2,1-3H3. The highest BCUT2D eigenvalue weighted by Crippen LogP contribution is 2.30. The quantitative estimate of drug-likeness (QED) is 0.785. The first-order valence-electron chi connectivity index (χ1n) is 7.03. The van der Waals surface area contributed by atoms with Gasteiger partial charge in [-0.05, 0) is 32.4 Å². The summed E-state index contributed by atoms with van der Waals surface area (Å²) in [5.74, 6) is 0.928. The Morgan fingerprint density at radius 2 is 2.00 bits per heavy atom. The predicted octanol–water partition coefficient (Wildman–Crippen LogP) is 4.72. The second kappa shape index (κ2) is 7.25. The molecule has 2 N–H and O–H groups in total. The van der Waals surface area contributed by atoms with Crippen molar-refractivity contribution in [3.8, 4) is 0 Å². The molecule has 1 heterocycles. The summed E-state index contributed by atoms with van der Waals surface area (Å²) in [6.45, 7) is 6.34. The van der Waals surface area contributed by atoms with Crippen LogP contribution in [0.15, 0.2) is 29.2 Å². The fraction of sp³-hybridized carbons (Fsp3) is 0.438. The van der Waals surface area contributed by atoms with Crippen molar-refractivity contribution in [2.45, 2.75) is 50.3 Å². The Balaban J connectivity index is 2.05. The number of thioether (sulfide) groups is 1. The topological polar surface area (TPSA) is 38.9 Å². The summed E-state index contributed by atoms with van der Waals surface area (Å²) in [6, 6.07) is 8.74. The van der Waals surface area contributed by atoms with Crippen LogP contribution < -0.4 is 5.73 Å². The lowest BCUT2D eigenvalue weighted by atomic mass is 10.2. The predicted molar refractivity (Wildman–Crippen MR) is 89.5 cm³/mol. The number of nitrogens with zero attached hydrogens (tertiary/aromatic N) is 1. The van der Waals surface area contributed by atoms with E-state index in [0.717, 1.165) is 18.6 Å².